The van der Waals surface area contributed by atoms with E-state index in [9.17, 15) is 0 Å². The molecule has 3 heteroatoms. The first-order valence-electron chi connectivity index (χ1n) is 3.66. The van der Waals surface area contributed by atoms with Crippen molar-refractivity contribution in [2.45, 2.75) is 6.92 Å². The van der Waals surface area contributed by atoms with Gasteiger partial charge in [0.15, 0.2) is 0 Å². The van der Waals surface area contributed by atoms with Crippen LogP contribution >= 0.6 is 22.6 Å². The zero-order valence-electron chi connectivity index (χ0n) is 6.58. The molecule has 0 radical (unpaired) electrons. The van der Waals surface area contributed by atoms with Gasteiger partial charge >= 0.3 is 0 Å². The van der Waals surface area contributed by atoms with Gasteiger partial charge in [-0.1, -0.05) is 18.2 Å². The molecule has 2 nitrogen and oxygen atoms in total. The molecular weight excluding hydrogens is 263 g/mol. The molecule has 1 heterocycles. The largest absolute Gasteiger partial charge is 0.233 e. The van der Waals surface area contributed by atoms with Crippen molar-refractivity contribution in [3.05, 3.63) is 33.8 Å². The zero-order valence-corrected chi connectivity index (χ0v) is 8.74. The average molecular weight is 270 g/mol. The summed E-state index contributed by atoms with van der Waals surface area (Å²) < 4.78 is 1.02. The van der Waals surface area contributed by atoms with Crippen LogP contribution < -0.4 is 0 Å². The normalized spacial score (nSPS) is 10.5. The predicted octanol–water partition coefficient (Wildman–Crippen LogP) is 2.54. The molecule has 0 N–H and O–H groups in total. The average Bonchev–Trinajstić information content (AvgIpc) is 2.04. The van der Waals surface area contributed by atoms with Crippen LogP contribution in [0.2, 0.25) is 0 Å². The first-order valence-corrected chi connectivity index (χ1v) is 4.74. The highest BCUT2D eigenvalue weighted by Crippen LogP contribution is 2.16. The number of aryl methyl sites for hydroxylation is 1. The highest BCUT2D eigenvalue weighted by molar-refractivity contribution is 14.1. The van der Waals surface area contributed by atoms with Gasteiger partial charge in [0.05, 0.1) is 5.52 Å². The van der Waals surface area contributed by atoms with Gasteiger partial charge in [0.2, 0.25) is 0 Å². The van der Waals surface area contributed by atoms with Crippen molar-refractivity contribution in [1.29, 1.82) is 0 Å². The van der Waals surface area contributed by atoms with E-state index in [1.165, 1.54) is 0 Å². The van der Waals surface area contributed by atoms with E-state index in [2.05, 4.69) is 32.6 Å². The summed E-state index contributed by atoms with van der Waals surface area (Å²) in [6.07, 6.45) is 0. The molecule has 1 aromatic carbocycles. The first-order chi connectivity index (χ1) is 5.77. The number of nitrogens with zero attached hydrogens (tertiary/aromatic N) is 2. The van der Waals surface area contributed by atoms with Crippen molar-refractivity contribution in [1.82, 2.24) is 9.97 Å². The van der Waals surface area contributed by atoms with Gasteiger partial charge in [-0.05, 0) is 35.6 Å². The summed E-state index contributed by atoms with van der Waals surface area (Å²) in [7, 11) is 0. The minimum Gasteiger partial charge on any atom is -0.233 e. The number of hydrogen-bond donors (Lipinski definition) is 0. The maximum absolute atomic E-state index is 4.32. The van der Waals surface area contributed by atoms with Gasteiger partial charge in [0.25, 0.3) is 0 Å². The topological polar surface area (TPSA) is 25.8 Å². The summed E-state index contributed by atoms with van der Waals surface area (Å²) in [6.45, 7) is 1.91. The quantitative estimate of drug-likeness (QED) is 0.543. The lowest BCUT2D eigenvalue weighted by Gasteiger charge is -1.99. The number of hydrogen-bond acceptors (Lipinski definition) is 2. The highest BCUT2D eigenvalue weighted by atomic mass is 127. The van der Waals surface area contributed by atoms with E-state index in [1.807, 2.05) is 31.2 Å². The molecule has 60 valence electrons. The Bertz CT molecular complexity index is 426. The summed E-state index contributed by atoms with van der Waals surface area (Å²) in [4.78, 5) is 8.60. The van der Waals surface area contributed by atoms with E-state index in [0.717, 1.165) is 20.4 Å². The van der Waals surface area contributed by atoms with Crippen molar-refractivity contribution in [3.63, 3.8) is 0 Å². The van der Waals surface area contributed by atoms with Crippen LogP contribution in [-0.2, 0) is 0 Å². The molecule has 0 saturated carbocycles. The Morgan fingerprint density at radius 1 is 1.17 bits per heavy atom. The molecule has 2 rings (SSSR count). The molecule has 0 fully saturated rings. The number of halogens is 1. The Balaban J connectivity index is 2.89. The fourth-order valence-corrected chi connectivity index (χ4v) is 1.95. The lowest BCUT2D eigenvalue weighted by molar-refractivity contribution is 1.07. The number of benzene rings is 1. The van der Waals surface area contributed by atoms with Crippen LogP contribution in [-0.4, -0.2) is 9.97 Å². The summed E-state index contributed by atoms with van der Waals surface area (Å²) >= 11 is 2.23. The lowest BCUT2D eigenvalue weighted by atomic mass is 10.2. The van der Waals surface area contributed by atoms with Crippen molar-refractivity contribution in [3.8, 4) is 0 Å². The molecule has 0 amide bonds. The highest BCUT2D eigenvalue weighted by Gasteiger charge is 2.00. The molecule has 0 aliphatic carbocycles. The molecule has 1 aromatic heterocycles. The summed E-state index contributed by atoms with van der Waals surface area (Å²) in [5.41, 5.74) is 1.02. The zero-order chi connectivity index (χ0) is 8.55. The monoisotopic (exact) mass is 270 g/mol. The van der Waals surface area contributed by atoms with E-state index < -0.39 is 0 Å². The lowest BCUT2D eigenvalue weighted by Crippen LogP contribution is -1.91. The van der Waals surface area contributed by atoms with Crippen LogP contribution in [0, 0.1) is 10.6 Å². The molecule has 0 saturated heterocycles. The molecule has 0 unspecified atom stereocenters. The third-order valence-corrected chi connectivity index (χ3v) is 2.49. The third kappa shape index (κ3) is 1.29. The maximum atomic E-state index is 4.32. The minimum absolute atomic E-state index is 0.832. The van der Waals surface area contributed by atoms with Crippen molar-refractivity contribution >= 4 is 33.5 Å². The van der Waals surface area contributed by atoms with Crippen molar-refractivity contribution < 1.29 is 0 Å². The molecule has 0 aliphatic heterocycles. The van der Waals surface area contributed by atoms with Gasteiger partial charge < -0.3 is 0 Å². The third-order valence-electron chi connectivity index (χ3n) is 1.67. The summed E-state index contributed by atoms with van der Waals surface area (Å²) in [5, 5.41) is 1.13. The van der Waals surface area contributed by atoms with Crippen LogP contribution in [0.3, 0.4) is 0 Å². The van der Waals surface area contributed by atoms with Gasteiger partial charge in [0.1, 0.15) is 9.53 Å². The van der Waals surface area contributed by atoms with Crippen LogP contribution in [0.5, 0.6) is 0 Å². The molecule has 0 aliphatic rings. The van der Waals surface area contributed by atoms with Crippen LogP contribution in [0.25, 0.3) is 10.9 Å². The van der Waals surface area contributed by atoms with Crippen LogP contribution in [0.4, 0.5) is 0 Å². The number of aromatic nitrogens is 2. The Kier molecular flexibility index (Phi) is 1.96. The van der Waals surface area contributed by atoms with Gasteiger partial charge in [-0.25, -0.2) is 9.97 Å². The summed E-state index contributed by atoms with van der Waals surface area (Å²) in [6, 6.07) is 8.04. The predicted molar refractivity (Wildman–Crippen MR) is 57.0 cm³/mol. The fourth-order valence-electron chi connectivity index (χ4n) is 1.15. The van der Waals surface area contributed by atoms with Gasteiger partial charge in [0, 0.05) is 5.39 Å². The van der Waals surface area contributed by atoms with Gasteiger partial charge in [-0.2, -0.15) is 0 Å². The van der Waals surface area contributed by atoms with Crippen molar-refractivity contribution in [2.24, 2.45) is 0 Å². The second kappa shape index (κ2) is 2.97. The molecule has 2 aromatic rings. The van der Waals surface area contributed by atoms with E-state index in [0.29, 0.717) is 0 Å². The second-order valence-corrected chi connectivity index (χ2v) is 3.60. The Morgan fingerprint density at radius 3 is 2.75 bits per heavy atom. The molecule has 0 bridgehead atoms. The van der Waals surface area contributed by atoms with E-state index in [4.69, 9.17) is 0 Å². The minimum atomic E-state index is 0.832. The summed E-state index contributed by atoms with van der Waals surface area (Å²) in [5.74, 6) is 0.832. The number of para-hydroxylation sites is 1. The number of rotatable bonds is 0. The first kappa shape index (κ1) is 7.91. The van der Waals surface area contributed by atoms with E-state index in [-0.39, 0.29) is 0 Å². The Labute approximate surface area is 84.2 Å². The van der Waals surface area contributed by atoms with Crippen molar-refractivity contribution in [2.75, 3.05) is 0 Å². The number of fused-ring (bicyclic) bond motifs is 1. The smallest absolute Gasteiger partial charge is 0.127 e. The molecule has 12 heavy (non-hydrogen) atoms. The van der Waals surface area contributed by atoms with E-state index >= 15 is 0 Å². The molecule has 0 spiro atoms. The van der Waals surface area contributed by atoms with Gasteiger partial charge in [-0.15, -0.1) is 0 Å². The van der Waals surface area contributed by atoms with E-state index in [1.54, 1.807) is 0 Å². The SMILES string of the molecule is Cc1nc(I)c2ccccc2n1. The second-order valence-electron chi connectivity index (χ2n) is 2.58. The maximum Gasteiger partial charge on any atom is 0.127 e. The molecular formula is C9H7IN2. The fraction of sp³-hybridized carbons (Fsp3) is 0.111. The van der Waals surface area contributed by atoms with Gasteiger partial charge in [-0.3, -0.25) is 0 Å². The molecule has 0 atom stereocenters. The standard InChI is InChI=1S/C9H7IN2/c1-6-11-8-5-3-2-4-7(8)9(10)12-6/h2-5H,1H3. The van der Waals surface area contributed by atoms with Crippen LogP contribution in [0.1, 0.15) is 5.82 Å². The Hall–Kier alpha value is -0.710. The van der Waals surface area contributed by atoms with Crippen LogP contribution in [0.15, 0.2) is 24.3 Å². The Morgan fingerprint density at radius 2 is 1.92 bits per heavy atom.